The van der Waals surface area contributed by atoms with Crippen molar-refractivity contribution in [2.45, 2.75) is 46.6 Å². The minimum atomic E-state index is -0.588. The molecule has 0 aliphatic rings. The molecule has 1 heterocycles. The van der Waals surface area contributed by atoms with Gasteiger partial charge in [-0.2, -0.15) is 5.10 Å². The maximum absolute atomic E-state index is 11.8. The highest BCUT2D eigenvalue weighted by atomic mass is 16.3. The molecule has 0 bridgehead atoms. The monoisotopic (exact) mass is 282 g/mol. The Balaban J connectivity index is 2.50. The van der Waals surface area contributed by atoms with Gasteiger partial charge in [0.2, 0.25) is 0 Å². The molecule has 6 heteroatoms. The van der Waals surface area contributed by atoms with Crippen molar-refractivity contribution in [2.24, 2.45) is 12.5 Å². The fraction of sp³-hybridized carbons (Fsp3) is 0.714. The molecule has 2 amide bonds. The number of aliphatic hydroxyl groups is 1. The van der Waals surface area contributed by atoms with Crippen molar-refractivity contribution in [1.82, 2.24) is 15.1 Å². The second-order valence-corrected chi connectivity index (χ2v) is 6.11. The number of aryl methyl sites for hydroxylation is 2. The summed E-state index contributed by atoms with van der Waals surface area (Å²) in [6, 6.07) is 1.53. The van der Waals surface area contributed by atoms with Crippen LogP contribution in [0.15, 0.2) is 6.07 Å². The van der Waals surface area contributed by atoms with Gasteiger partial charge >= 0.3 is 6.03 Å². The van der Waals surface area contributed by atoms with Crippen LogP contribution in [0.5, 0.6) is 0 Å². The van der Waals surface area contributed by atoms with Gasteiger partial charge in [0.25, 0.3) is 0 Å². The molecule has 20 heavy (non-hydrogen) atoms. The maximum atomic E-state index is 11.8. The third kappa shape index (κ3) is 4.85. The summed E-state index contributed by atoms with van der Waals surface area (Å²) in [5.74, 6) is 0.649. The zero-order valence-corrected chi connectivity index (χ0v) is 13.0. The van der Waals surface area contributed by atoms with Crippen molar-refractivity contribution in [3.63, 3.8) is 0 Å². The van der Waals surface area contributed by atoms with Gasteiger partial charge in [0.05, 0.1) is 11.8 Å². The molecular formula is C14H26N4O2. The first-order valence-corrected chi connectivity index (χ1v) is 7.00. The van der Waals surface area contributed by atoms with E-state index >= 15 is 0 Å². The lowest BCUT2D eigenvalue weighted by atomic mass is 9.89. The molecule has 0 saturated heterocycles. The third-order valence-electron chi connectivity index (χ3n) is 3.13. The normalized spacial score (nSPS) is 13.1. The summed E-state index contributed by atoms with van der Waals surface area (Å²) < 4.78 is 1.64. The van der Waals surface area contributed by atoms with Crippen LogP contribution in [-0.4, -0.2) is 33.6 Å². The number of aliphatic hydroxyl groups excluding tert-OH is 1. The molecule has 6 nitrogen and oxygen atoms in total. The fourth-order valence-electron chi connectivity index (χ4n) is 1.68. The van der Waals surface area contributed by atoms with Gasteiger partial charge in [-0.15, -0.1) is 0 Å². The molecule has 0 aromatic carbocycles. The number of carbonyl (C=O) groups excluding carboxylic acids is 1. The van der Waals surface area contributed by atoms with Crippen LogP contribution in [0.4, 0.5) is 10.6 Å². The van der Waals surface area contributed by atoms with Crippen LogP contribution in [0.2, 0.25) is 0 Å². The van der Waals surface area contributed by atoms with E-state index in [1.54, 1.807) is 11.7 Å². The SMILES string of the molecule is CCCc1cc(NC(=O)NCC(O)C(C)(C)C)n(C)n1. The molecular weight excluding hydrogens is 256 g/mol. The summed E-state index contributed by atoms with van der Waals surface area (Å²) in [6.07, 6.45) is 1.32. The van der Waals surface area contributed by atoms with Crippen molar-refractivity contribution >= 4 is 11.8 Å². The van der Waals surface area contributed by atoms with E-state index in [9.17, 15) is 9.90 Å². The number of rotatable bonds is 5. The Morgan fingerprint density at radius 3 is 2.70 bits per heavy atom. The lowest BCUT2D eigenvalue weighted by Gasteiger charge is -2.25. The highest BCUT2D eigenvalue weighted by Crippen LogP contribution is 2.18. The number of carbonyl (C=O) groups is 1. The molecule has 114 valence electrons. The van der Waals surface area contributed by atoms with Crippen LogP contribution in [0.1, 0.15) is 39.8 Å². The predicted octanol–water partition coefficient (Wildman–Crippen LogP) is 1.90. The van der Waals surface area contributed by atoms with E-state index in [-0.39, 0.29) is 18.0 Å². The van der Waals surface area contributed by atoms with Crippen LogP contribution in [0.3, 0.4) is 0 Å². The number of urea groups is 1. The largest absolute Gasteiger partial charge is 0.391 e. The number of nitrogens with zero attached hydrogens (tertiary/aromatic N) is 2. The molecule has 0 aliphatic heterocycles. The van der Waals surface area contributed by atoms with Gasteiger partial charge in [0, 0.05) is 19.7 Å². The van der Waals surface area contributed by atoms with Crippen molar-refractivity contribution in [3.05, 3.63) is 11.8 Å². The van der Waals surface area contributed by atoms with E-state index in [2.05, 4.69) is 22.7 Å². The molecule has 0 fully saturated rings. The van der Waals surface area contributed by atoms with Crippen LogP contribution in [0, 0.1) is 5.41 Å². The van der Waals surface area contributed by atoms with E-state index < -0.39 is 6.10 Å². The molecule has 1 unspecified atom stereocenters. The quantitative estimate of drug-likeness (QED) is 0.771. The van der Waals surface area contributed by atoms with E-state index in [0.29, 0.717) is 5.82 Å². The summed E-state index contributed by atoms with van der Waals surface area (Å²) in [4.78, 5) is 11.8. The first-order chi connectivity index (χ1) is 9.24. The van der Waals surface area contributed by atoms with Gasteiger partial charge in [-0.05, 0) is 11.8 Å². The highest BCUT2D eigenvalue weighted by molar-refractivity contribution is 5.88. The summed E-state index contributed by atoms with van der Waals surface area (Å²) in [6.45, 7) is 8.08. The van der Waals surface area contributed by atoms with Crippen LogP contribution in [-0.2, 0) is 13.5 Å². The van der Waals surface area contributed by atoms with Gasteiger partial charge in [0.1, 0.15) is 5.82 Å². The van der Waals surface area contributed by atoms with E-state index in [1.165, 1.54) is 0 Å². The maximum Gasteiger partial charge on any atom is 0.320 e. The second-order valence-electron chi connectivity index (χ2n) is 6.11. The van der Waals surface area contributed by atoms with E-state index in [1.807, 2.05) is 26.8 Å². The number of aromatic nitrogens is 2. The van der Waals surface area contributed by atoms with E-state index in [0.717, 1.165) is 18.5 Å². The standard InChI is InChI=1S/C14H26N4O2/c1-6-7-10-8-12(18(5)17-10)16-13(20)15-9-11(19)14(2,3)4/h8,11,19H,6-7,9H2,1-5H3,(H2,15,16,20). The van der Waals surface area contributed by atoms with Crippen LogP contribution in [0.25, 0.3) is 0 Å². The number of amides is 2. The highest BCUT2D eigenvalue weighted by Gasteiger charge is 2.22. The Labute approximate surface area is 120 Å². The lowest BCUT2D eigenvalue weighted by Crippen LogP contribution is -2.41. The molecule has 1 aromatic heterocycles. The van der Waals surface area contributed by atoms with Crippen molar-refractivity contribution in [1.29, 1.82) is 0 Å². The number of anilines is 1. The number of hydrogen-bond acceptors (Lipinski definition) is 3. The average molecular weight is 282 g/mol. The summed E-state index contributed by atoms with van der Waals surface area (Å²) in [5, 5.41) is 19.6. The summed E-state index contributed by atoms with van der Waals surface area (Å²) in [5.41, 5.74) is 0.703. The van der Waals surface area contributed by atoms with Gasteiger partial charge in [0.15, 0.2) is 0 Å². The molecule has 0 aliphatic carbocycles. The van der Waals surface area contributed by atoms with Crippen molar-refractivity contribution < 1.29 is 9.90 Å². The first-order valence-electron chi connectivity index (χ1n) is 7.00. The third-order valence-corrected chi connectivity index (χ3v) is 3.13. The zero-order valence-electron chi connectivity index (χ0n) is 13.0. The number of hydrogen-bond donors (Lipinski definition) is 3. The van der Waals surface area contributed by atoms with Crippen molar-refractivity contribution in [3.8, 4) is 0 Å². The molecule has 0 radical (unpaired) electrons. The smallest absolute Gasteiger partial charge is 0.320 e. The van der Waals surface area contributed by atoms with Gasteiger partial charge in [-0.3, -0.25) is 10.00 Å². The molecule has 1 aromatic rings. The fourth-order valence-corrected chi connectivity index (χ4v) is 1.68. The van der Waals surface area contributed by atoms with Crippen molar-refractivity contribution in [2.75, 3.05) is 11.9 Å². The van der Waals surface area contributed by atoms with Crippen LogP contribution >= 0.6 is 0 Å². The Morgan fingerprint density at radius 2 is 2.15 bits per heavy atom. The van der Waals surface area contributed by atoms with Gasteiger partial charge in [-0.1, -0.05) is 34.1 Å². The Morgan fingerprint density at radius 1 is 1.50 bits per heavy atom. The predicted molar refractivity (Wildman–Crippen MR) is 79.7 cm³/mol. The molecule has 1 atom stereocenters. The average Bonchev–Trinajstić information content (AvgIpc) is 2.66. The topological polar surface area (TPSA) is 79.2 Å². The minimum Gasteiger partial charge on any atom is -0.391 e. The molecule has 0 saturated carbocycles. The second kappa shape index (κ2) is 6.74. The summed E-state index contributed by atoms with van der Waals surface area (Å²) in [7, 11) is 1.79. The van der Waals surface area contributed by atoms with E-state index in [4.69, 9.17) is 0 Å². The molecule has 1 rings (SSSR count). The van der Waals surface area contributed by atoms with Gasteiger partial charge in [-0.25, -0.2) is 4.79 Å². The molecule has 3 N–H and O–H groups in total. The van der Waals surface area contributed by atoms with Crippen LogP contribution < -0.4 is 10.6 Å². The Bertz CT molecular complexity index is 449. The minimum absolute atomic E-state index is 0.217. The number of nitrogens with one attached hydrogen (secondary N) is 2. The van der Waals surface area contributed by atoms with Gasteiger partial charge < -0.3 is 10.4 Å². The summed E-state index contributed by atoms with van der Waals surface area (Å²) >= 11 is 0. The Hall–Kier alpha value is -1.56. The molecule has 0 spiro atoms. The lowest BCUT2D eigenvalue weighted by molar-refractivity contribution is 0.0654. The first kappa shape index (κ1) is 16.5. The zero-order chi connectivity index (χ0) is 15.3. The Kier molecular flexibility index (Phi) is 5.56.